The van der Waals surface area contributed by atoms with Crippen LogP contribution < -0.4 is 0 Å². The Morgan fingerprint density at radius 1 is 1.36 bits per heavy atom. The number of aliphatic hydroxyl groups is 1. The summed E-state index contributed by atoms with van der Waals surface area (Å²) in [4.78, 5) is 0. The average Bonchev–Trinajstić information content (AvgIpc) is 2.62. The summed E-state index contributed by atoms with van der Waals surface area (Å²) in [5, 5.41) is 10.1. The molecule has 1 rings (SSSR count). The maximum absolute atomic E-state index is 10.1. The average molecular weight is 200 g/mol. The van der Waals surface area contributed by atoms with Crippen LogP contribution >= 0.6 is 0 Å². The maximum atomic E-state index is 10.1. The minimum atomic E-state index is -0.283. The summed E-state index contributed by atoms with van der Waals surface area (Å²) in [6.07, 6.45) is 5.02. The second-order valence-electron chi connectivity index (χ2n) is 4.70. The van der Waals surface area contributed by atoms with Gasteiger partial charge >= 0.3 is 0 Å². The molecule has 14 heavy (non-hydrogen) atoms. The molecule has 2 nitrogen and oxygen atoms in total. The number of hydrogen-bond acceptors (Lipinski definition) is 2. The number of ether oxygens (including phenoxy) is 1. The smallest absolute Gasteiger partial charge is 0.0913 e. The van der Waals surface area contributed by atoms with E-state index in [1.54, 1.807) is 0 Å². The Bertz CT molecular complexity index is 158. The van der Waals surface area contributed by atoms with Crippen molar-refractivity contribution in [1.29, 1.82) is 0 Å². The highest BCUT2D eigenvalue weighted by Gasteiger charge is 2.37. The van der Waals surface area contributed by atoms with E-state index in [0.717, 1.165) is 38.7 Å². The standard InChI is InChI=1S/C12H24O2/c1-4-10(5-2)9-11(13)12(3)7-6-8-14-12/h10-11,13H,4-9H2,1-3H3. The lowest BCUT2D eigenvalue weighted by Gasteiger charge is -2.31. The van der Waals surface area contributed by atoms with Gasteiger partial charge in [-0.15, -0.1) is 0 Å². The van der Waals surface area contributed by atoms with Crippen LogP contribution in [0.1, 0.15) is 52.9 Å². The van der Waals surface area contributed by atoms with E-state index < -0.39 is 0 Å². The lowest BCUT2D eigenvalue weighted by Crippen LogP contribution is -2.39. The SMILES string of the molecule is CCC(CC)CC(O)C1(C)CCCO1. The molecule has 2 unspecified atom stereocenters. The minimum Gasteiger partial charge on any atom is -0.390 e. The predicted molar refractivity (Wildman–Crippen MR) is 58.3 cm³/mol. The molecule has 0 spiro atoms. The van der Waals surface area contributed by atoms with Crippen molar-refractivity contribution in [2.24, 2.45) is 5.92 Å². The molecule has 1 aliphatic heterocycles. The summed E-state index contributed by atoms with van der Waals surface area (Å²) in [7, 11) is 0. The second-order valence-corrected chi connectivity index (χ2v) is 4.70. The zero-order valence-electron chi connectivity index (χ0n) is 9.75. The van der Waals surface area contributed by atoms with Gasteiger partial charge in [-0.2, -0.15) is 0 Å². The molecule has 1 fully saturated rings. The van der Waals surface area contributed by atoms with Crippen LogP contribution in [0.4, 0.5) is 0 Å². The van der Waals surface area contributed by atoms with Crippen LogP contribution in [0.5, 0.6) is 0 Å². The number of aliphatic hydroxyl groups excluding tert-OH is 1. The Hall–Kier alpha value is -0.0800. The fraction of sp³-hybridized carbons (Fsp3) is 1.00. The zero-order valence-corrected chi connectivity index (χ0v) is 9.75. The third-order valence-electron chi connectivity index (χ3n) is 3.67. The number of hydrogen-bond donors (Lipinski definition) is 1. The molecular formula is C12H24O2. The van der Waals surface area contributed by atoms with Crippen molar-refractivity contribution in [3.05, 3.63) is 0 Å². The van der Waals surface area contributed by atoms with Crippen LogP contribution in [0.3, 0.4) is 0 Å². The van der Waals surface area contributed by atoms with Crippen molar-refractivity contribution >= 4 is 0 Å². The summed E-state index contributed by atoms with van der Waals surface area (Å²) in [6.45, 7) is 7.25. The first-order valence-corrected chi connectivity index (χ1v) is 5.94. The third-order valence-corrected chi connectivity index (χ3v) is 3.67. The van der Waals surface area contributed by atoms with Crippen LogP contribution in [0.25, 0.3) is 0 Å². The van der Waals surface area contributed by atoms with Gasteiger partial charge in [0.25, 0.3) is 0 Å². The molecule has 0 bridgehead atoms. The van der Waals surface area contributed by atoms with E-state index in [1.807, 2.05) is 6.92 Å². The summed E-state index contributed by atoms with van der Waals surface area (Å²) in [5.74, 6) is 0.644. The quantitative estimate of drug-likeness (QED) is 0.739. The van der Waals surface area contributed by atoms with Crippen molar-refractivity contribution < 1.29 is 9.84 Å². The fourth-order valence-electron chi connectivity index (χ4n) is 2.25. The molecule has 0 aromatic rings. The van der Waals surface area contributed by atoms with E-state index in [-0.39, 0.29) is 11.7 Å². The molecule has 2 atom stereocenters. The monoisotopic (exact) mass is 200 g/mol. The Labute approximate surface area is 87.7 Å². The molecule has 0 aromatic heterocycles. The number of rotatable bonds is 5. The van der Waals surface area contributed by atoms with Crippen molar-refractivity contribution in [3.8, 4) is 0 Å². The topological polar surface area (TPSA) is 29.5 Å². The summed E-state index contributed by atoms with van der Waals surface area (Å²) >= 11 is 0. The maximum Gasteiger partial charge on any atom is 0.0913 e. The van der Waals surface area contributed by atoms with Gasteiger partial charge in [0.2, 0.25) is 0 Å². The van der Waals surface area contributed by atoms with Gasteiger partial charge in [0.1, 0.15) is 0 Å². The van der Waals surface area contributed by atoms with Gasteiger partial charge in [0, 0.05) is 6.61 Å². The normalized spacial score (nSPS) is 29.8. The highest BCUT2D eigenvalue weighted by Crippen LogP contribution is 2.32. The molecule has 2 heteroatoms. The first-order chi connectivity index (χ1) is 6.62. The van der Waals surface area contributed by atoms with E-state index >= 15 is 0 Å². The Kier molecular flexibility index (Phi) is 4.39. The molecule has 0 saturated carbocycles. The molecule has 0 amide bonds. The molecule has 84 valence electrons. The lowest BCUT2D eigenvalue weighted by molar-refractivity contribution is -0.0860. The van der Waals surface area contributed by atoms with Gasteiger partial charge in [0.15, 0.2) is 0 Å². The van der Waals surface area contributed by atoms with Crippen LogP contribution in [0, 0.1) is 5.92 Å². The Morgan fingerprint density at radius 2 is 2.00 bits per heavy atom. The van der Waals surface area contributed by atoms with E-state index in [1.165, 1.54) is 0 Å². The molecule has 0 aromatic carbocycles. The largest absolute Gasteiger partial charge is 0.390 e. The van der Waals surface area contributed by atoms with Gasteiger partial charge in [0.05, 0.1) is 11.7 Å². The van der Waals surface area contributed by atoms with Gasteiger partial charge in [-0.05, 0) is 32.1 Å². The molecular weight excluding hydrogens is 176 g/mol. The first kappa shape index (κ1) is 12.0. The molecule has 1 aliphatic rings. The van der Waals surface area contributed by atoms with Crippen molar-refractivity contribution in [2.45, 2.75) is 64.6 Å². The molecule has 0 aliphatic carbocycles. The van der Waals surface area contributed by atoms with Crippen LogP contribution in [-0.2, 0) is 4.74 Å². The van der Waals surface area contributed by atoms with E-state index in [0.29, 0.717) is 5.92 Å². The minimum absolute atomic E-state index is 0.261. The summed E-state index contributed by atoms with van der Waals surface area (Å²) in [5.41, 5.74) is -0.261. The van der Waals surface area contributed by atoms with E-state index in [2.05, 4.69) is 13.8 Å². The zero-order chi connectivity index (χ0) is 10.6. The van der Waals surface area contributed by atoms with Gasteiger partial charge in [-0.25, -0.2) is 0 Å². The predicted octanol–water partition coefficient (Wildman–Crippen LogP) is 2.74. The van der Waals surface area contributed by atoms with Crippen molar-refractivity contribution in [3.63, 3.8) is 0 Å². The highest BCUT2D eigenvalue weighted by atomic mass is 16.5. The fourth-order valence-corrected chi connectivity index (χ4v) is 2.25. The van der Waals surface area contributed by atoms with Gasteiger partial charge in [-0.1, -0.05) is 26.7 Å². The van der Waals surface area contributed by atoms with Crippen LogP contribution in [0.2, 0.25) is 0 Å². The third kappa shape index (κ3) is 2.71. The van der Waals surface area contributed by atoms with E-state index in [4.69, 9.17) is 4.74 Å². The Balaban J connectivity index is 2.43. The van der Waals surface area contributed by atoms with Crippen molar-refractivity contribution in [1.82, 2.24) is 0 Å². The lowest BCUT2D eigenvalue weighted by atomic mass is 9.86. The van der Waals surface area contributed by atoms with Gasteiger partial charge in [-0.3, -0.25) is 0 Å². The van der Waals surface area contributed by atoms with Crippen LogP contribution in [-0.4, -0.2) is 23.4 Å². The molecule has 1 heterocycles. The first-order valence-electron chi connectivity index (χ1n) is 5.94. The summed E-state index contributed by atoms with van der Waals surface area (Å²) < 4.78 is 5.64. The molecule has 1 N–H and O–H groups in total. The van der Waals surface area contributed by atoms with E-state index in [9.17, 15) is 5.11 Å². The van der Waals surface area contributed by atoms with Crippen molar-refractivity contribution in [2.75, 3.05) is 6.61 Å². The second kappa shape index (κ2) is 5.13. The highest BCUT2D eigenvalue weighted by molar-refractivity contribution is 4.88. The Morgan fingerprint density at radius 3 is 2.43 bits per heavy atom. The molecule has 1 saturated heterocycles. The van der Waals surface area contributed by atoms with Crippen LogP contribution in [0.15, 0.2) is 0 Å². The molecule has 0 radical (unpaired) electrons. The summed E-state index contributed by atoms with van der Waals surface area (Å²) in [6, 6.07) is 0. The van der Waals surface area contributed by atoms with Gasteiger partial charge < -0.3 is 9.84 Å².